The van der Waals surface area contributed by atoms with Crippen LogP contribution in [0.1, 0.15) is 24.8 Å². The SMILES string of the molecule is C=Nc1c(/C=C/C2CCC2)cc(OC)cc1NC(=O)OC. The number of nitrogens with one attached hydrogen (secondary N) is 1. The number of amides is 1. The number of carbonyl (C=O) groups is 1. The molecule has 1 aliphatic carbocycles. The van der Waals surface area contributed by atoms with Crippen molar-refractivity contribution in [2.45, 2.75) is 19.3 Å². The Morgan fingerprint density at radius 2 is 2.19 bits per heavy atom. The van der Waals surface area contributed by atoms with Gasteiger partial charge in [-0.15, -0.1) is 0 Å². The van der Waals surface area contributed by atoms with Crippen molar-refractivity contribution in [1.82, 2.24) is 0 Å². The van der Waals surface area contributed by atoms with Crippen LogP contribution in [0, 0.1) is 5.92 Å². The van der Waals surface area contributed by atoms with Gasteiger partial charge >= 0.3 is 6.09 Å². The van der Waals surface area contributed by atoms with Crippen molar-refractivity contribution in [2.75, 3.05) is 19.5 Å². The van der Waals surface area contributed by atoms with Crippen molar-refractivity contribution in [3.63, 3.8) is 0 Å². The van der Waals surface area contributed by atoms with Crippen molar-refractivity contribution in [2.24, 2.45) is 10.9 Å². The third kappa shape index (κ3) is 3.62. The van der Waals surface area contributed by atoms with Crippen LogP contribution >= 0.6 is 0 Å². The monoisotopic (exact) mass is 288 g/mol. The Hall–Kier alpha value is -2.30. The first kappa shape index (κ1) is 15.1. The molecule has 0 spiro atoms. The molecule has 5 nitrogen and oxygen atoms in total. The molecule has 1 amide bonds. The summed E-state index contributed by atoms with van der Waals surface area (Å²) in [6, 6.07) is 3.57. The van der Waals surface area contributed by atoms with Gasteiger partial charge < -0.3 is 9.47 Å². The topological polar surface area (TPSA) is 59.9 Å². The van der Waals surface area contributed by atoms with Crippen LogP contribution < -0.4 is 10.1 Å². The highest BCUT2D eigenvalue weighted by atomic mass is 16.5. The first-order valence-corrected chi connectivity index (χ1v) is 6.90. The van der Waals surface area contributed by atoms with E-state index < -0.39 is 6.09 Å². The van der Waals surface area contributed by atoms with Gasteiger partial charge in [-0.1, -0.05) is 18.6 Å². The fraction of sp³-hybridized carbons (Fsp3) is 0.375. The van der Waals surface area contributed by atoms with E-state index in [-0.39, 0.29) is 0 Å². The van der Waals surface area contributed by atoms with Gasteiger partial charge in [0.1, 0.15) is 5.75 Å². The predicted molar refractivity (Wildman–Crippen MR) is 84.6 cm³/mol. The quantitative estimate of drug-likeness (QED) is 0.832. The minimum Gasteiger partial charge on any atom is -0.497 e. The smallest absolute Gasteiger partial charge is 0.411 e. The minimum atomic E-state index is -0.554. The van der Waals surface area contributed by atoms with Crippen LogP contribution in [0.4, 0.5) is 16.2 Å². The molecule has 2 rings (SSSR count). The Kier molecular flexibility index (Phi) is 4.98. The highest BCUT2D eigenvalue weighted by molar-refractivity contribution is 5.92. The summed E-state index contributed by atoms with van der Waals surface area (Å²) >= 11 is 0. The highest BCUT2D eigenvalue weighted by Gasteiger charge is 2.15. The second kappa shape index (κ2) is 6.92. The Bertz CT molecular complexity index is 563. The number of nitrogens with zero attached hydrogens (tertiary/aromatic N) is 1. The van der Waals surface area contributed by atoms with Crippen molar-refractivity contribution < 1.29 is 14.3 Å². The number of anilines is 1. The molecule has 0 bridgehead atoms. The molecule has 1 fully saturated rings. The molecule has 0 saturated heterocycles. The zero-order chi connectivity index (χ0) is 15.2. The zero-order valence-electron chi connectivity index (χ0n) is 12.4. The number of hydrogen-bond acceptors (Lipinski definition) is 4. The molecule has 0 atom stereocenters. The first-order chi connectivity index (χ1) is 10.2. The van der Waals surface area contributed by atoms with Gasteiger partial charge in [0.2, 0.25) is 0 Å². The van der Waals surface area contributed by atoms with Crippen LogP contribution in [0.25, 0.3) is 6.08 Å². The lowest BCUT2D eigenvalue weighted by atomic mass is 9.85. The van der Waals surface area contributed by atoms with Gasteiger partial charge in [0.25, 0.3) is 0 Å². The third-order valence-electron chi connectivity index (χ3n) is 3.63. The van der Waals surface area contributed by atoms with Crippen LogP contribution in [0.3, 0.4) is 0 Å². The van der Waals surface area contributed by atoms with E-state index in [0.717, 1.165) is 5.56 Å². The highest BCUT2D eigenvalue weighted by Crippen LogP contribution is 2.36. The van der Waals surface area contributed by atoms with Gasteiger partial charge in [-0.3, -0.25) is 10.3 Å². The number of carbonyl (C=O) groups excluding carboxylic acids is 1. The Morgan fingerprint density at radius 3 is 2.71 bits per heavy atom. The molecule has 0 aliphatic heterocycles. The normalized spacial score (nSPS) is 14.6. The van der Waals surface area contributed by atoms with Crippen LogP contribution in [0.5, 0.6) is 5.75 Å². The summed E-state index contributed by atoms with van der Waals surface area (Å²) in [4.78, 5) is 15.5. The largest absolute Gasteiger partial charge is 0.497 e. The number of ether oxygens (including phenoxy) is 2. The van der Waals surface area contributed by atoms with E-state index in [0.29, 0.717) is 23.0 Å². The standard InChI is InChI=1S/C16H20N2O3/c1-17-15-12(8-7-11-5-4-6-11)9-13(20-2)10-14(15)18-16(19)21-3/h7-11H,1,4-6H2,2-3H3,(H,18,19)/b8-7+. The molecular formula is C16H20N2O3. The van der Waals surface area contributed by atoms with Crippen molar-refractivity contribution in [3.05, 3.63) is 23.8 Å². The number of hydrogen-bond donors (Lipinski definition) is 1. The maximum absolute atomic E-state index is 11.4. The number of allylic oxidation sites excluding steroid dienone is 1. The summed E-state index contributed by atoms with van der Waals surface area (Å²) in [5, 5.41) is 2.63. The average Bonchev–Trinajstić information content (AvgIpc) is 2.45. The maximum Gasteiger partial charge on any atom is 0.411 e. The van der Waals surface area contributed by atoms with E-state index in [1.165, 1.54) is 26.4 Å². The molecule has 0 unspecified atom stereocenters. The van der Waals surface area contributed by atoms with Gasteiger partial charge in [-0.25, -0.2) is 4.79 Å². The van der Waals surface area contributed by atoms with Gasteiger partial charge in [-0.05, 0) is 31.5 Å². The van der Waals surface area contributed by atoms with Crippen molar-refractivity contribution in [3.8, 4) is 5.75 Å². The van der Waals surface area contributed by atoms with E-state index in [2.05, 4.69) is 27.8 Å². The van der Waals surface area contributed by atoms with Gasteiger partial charge in [0.15, 0.2) is 0 Å². The van der Waals surface area contributed by atoms with Crippen molar-refractivity contribution in [1.29, 1.82) is 0 Å². The molecule has 1 saturated carbocycles. The fourth-order valence-electron chi connectivity index (χ4n) is 2.18. The van der Waals surface area contributed by atoms with E-state index in [1.807, 2.05) is 12.1 Å². The molecule has 1 aromatic carbocycles. The van der Waals surface area contributed by atoms with E-state index in [1.54, 1.807) is 13.2 Å². The lowest BCUT2D eigenvalue weighted by molar-refractivity contribution is 0.187. The van der Waals surface area contributed by atoms with Crippen LogP contribution in [-0.4, -0.2) is 27.0 Å². The summed E-state index contributed by atoms with van der Waals surface area (Å²) in [5.74, 6) is 1.27. The summed E-state index contributed by atoms with van der Waals surface area (Å²) in [6.45, 7) is 3.59. The molecule has 21 heavy (non-hydrogen) atoms. The molecule has 0 aromatic heterocycles. The molecule has 1 aromatic rings. The van der Waals surface area contributed by atoms with Crippen molar-refractivity contribution >= 4 is 30.3 Å². The maximum atomic E-state index is 11.4. The lowest BCUT2D eigenvalue weighted by Crippen LogP contribution is -2.11. The predicted octanol–water partition coefficient (Wildman–Crippen LogP) is 4.02. The third-order valence-corrected chi connectivity index (χ3v) is 3.63. The molecule has 5 heteroatoms. The molecular weight excluding hydrogens is 268 g/mol. The molecule has 112 valence electrons. The zero-order valence-corrected chi connectivity index (χ0v) is 12.4. The minimum absolute atomic E-state index is 0.518. The first-order valence-electron chi connectivity index (χ1n) is 6.90. The lowest BCUT2D eigenvalue weighted by Gasteiger charge is -2.21. The van der Waals surface area contributed by atoms with Crippen LogP contribution in [0.15, 0.2) is 23.2 Å². The number of benzene rings is 1. The molecule has 0 radical (unpaired) electrons. The Balaban J connectivity index is 2.36. The number of methoxy groups -OCH3 is 2. The average molecular weight is 288 g/mol. The Morgan fingerprint density at radius 1 is 1.43 bits per heavy atom. The summed E-state index contributed by atoms with van der Waals surface area (Å²) in [5.41, 5.74) is 1.99. The van der Waals surface area contributed by atoms with E-state index >= 15 is 0 Å². The molecule has 1 aliphatic rings. The van der Waals surface area contributed by atoms with E-state index in [4.69, 9.17) is 4.74 Å². The Labute approximate surface area is 124 Å². The molecule has 1 N–H and O–H groups in total. The second-order valence-electron chi connectivity index (χ2n) is 4.94. The van der Waals surface area contributed by atoms with E-state index in [9.17, 15) is 4.79 Å². The summed E-state index contributed by atoms with van der Waals surface area (Å²) in [7, 11) is 2.89. The molecule has 0 heterocycles. The summed E-state index contributed by atoms with van der Waals surface area (Å²) in [6.07, 6.45) is 7.37. The summed E-state index contributed by atoms with van der Waals surface area (Å²) < 4.78 is 9.89. The van der Waals surface area contributed by atoms with Crippen LogP contribution in [0.2, 0.25) is 0 Å². The van der Waals surface area contributed by atoms with Gasteiger partial charge in [0.05, 0.1) is 25.6 Å². The number of rotatable bonds is 5. The fourth-order valence-corrected chi connectivity index (χ4v) is 2.18. The number of aliphatic imine (C=N–C) groups is 1. The van der Waals surface area contributed by atoms with Gasteiger partial charge in [-0.2, -0.15) is 0 Å². The van der Waals surface area contributed by atoms with Crippen LogP contribution in [-0.2, 0) is 4.74 Å². The van der Waals surface area contributed by atoms with Gasteiger partial charge in [0, 0.05) is 11.6 Å². The second-order valence-corrected chi connectivity index (χ2v) is 4.94.